The van der Waals surface area contributed by atoms with Crippen molar-refractivity contribution < 1.29 is 22.0 Å². The zero-order valence-electron chi connectivity index (χ0n) is 15.1. The molecule has 3 fully saturated rings. The Bertz CT molecular complexity index is 837. The number of rotatable bonds is 4. The SMILES string of the molecule is O=C(C[C@H]1C[C@@H]2CC[C@@H]1C2)N1CCN(S(=O)(=O)c2ccc(F)cc2F)CC1. The van der Waals surface area contributed by atoms with E-state index in [0.29, 0.717) is 37.4 Å². The highest BCUT2D eigenvalue weighted by atomic mass is 32.2. The van der Waals surface area contributed by atoms with Gasteiger partial charge in [-0.1, -0.05) is 6.42 Å². The molecule has 0 aromatic heterocycles. The van der Waals surface area contributed by atoms with E-state index < -0.39 is 26.6 Å². The van der Waals surface area contributed by atoms with Gasteiger partial charge in [0.05, 0.1) is 0 Å². The van der Waals surface area contributed by atoms with E-state index >= 15 is 0 Å². The van der Waals surface area contributed by atoms with Gasteiger partial charge in [-0.25, -0.2) is 17.2 Å². The maximum absolute atomic E-state index is 13.9. The summed E-state index contributed by atoms with van der Waals surface area (Å²) in [6.07, 6.45) is 5.49. The summed E-state index contributed by atoms with van der Waals surface area (Å²) in [6.45, 7) is 0.868. The van der Waals surface area contributed by atoms with Crippen molar-refractivity contribution in [3.63, 3.8) is 0 Å². The summed E-state index contributed by atoms with van der Waals surface area (Å²) in [5.41, 5.74) is 0. The lowest BCUT2D eigenvalue weighted by molar-refractivity contribution is -0.133. The van der Waals surface area contributed by atoms with Gasteiger partial charge in [0.15, 0.2) is 0 Å². The number of carbonyl (C=O) groups is 1. The van der Waals surface area contributed by atoms with E-state index in [0.717, 1.165) is 24.5 Å². The van der Waals surface area contributed by atoms with Crippen molar-refractivity contribution in [1.82, 2.24) is 9.21 Å². The third kappa shape index (κ3) is 3.61. The largest absolute Gasteiger partial charge is 0.340 e. The van der Waals surface area contributed by atoms with Crippen molar-refractivity contribution >= 4 is 15.9 Å². The Morgan fingerprint density at radius 2 is 1.81 bits per heavy atom. The minimum absolute atomic E-state index is 0.0950. The molecule has 148 valence electrons. The van der Waals surface area contributed by atoms with E-state index in [1.807, 2.05) is 0 Å². The van der Waals surface area contributed by atoms with Gasteiger partial charge in [-0.15, -0.1) is 0 Å². The van der Waals surface area contributed by atoms with Crippen molar-refractivity contribution in [3.8, 4) is 0 Å². The van der Waals surface area contributed by atoms with Crippen molar-refractivity contribution in [2.75, 3.05) is 26.2 Å². The van der Waals surface area contributed by atoms with Crippen LogP contribution in [0.25, 0.3) is 0 Å². The zero-order chi connectivity index (χ0) is 19.2. The van der Waals surface area contributed by atoms with Crippen molar-refractivity contribution in [2.24, 2.45) is 17.8 Å². The molecule has 3 atom stereocenters. The van der Waals surface area contributed by atoms with Gasteiger partial charge in [-0.2, -0.15) is 4.31 Å². The number of halogens is 2. The third-order valence-electron chi connectivity index (χ3n) is 6.42. The Morgan fingerprint density at radius 3 is 2.41 bits per heavy atom. The van der Waals surface area contributed by atoms with Crippen LogP contribution < -0.4 is 0 Å². The maximum atomic E-state index is 13.9. The van der Waals surface area contributed by atoms with Crippen LogP contribution in [0.5, 0.6) is 0 Å². The molecule has 0 radical (unpaired) electrons. The Kier molecular flexibility index (Phi) is 4.96. The highest BCUT2D eigenvalue weighted by Gasteiger charge is 2.41. The summed E-state index contributed by atoms with van der Waals surface area (Å²) >= 11 is 0. The summed E-state index contributed by atoms with van der Waals surface area (Å²) in [5, 5.41) is 0. The Hall–Kier alpha value is -1.54. The number of piperazine rings is 1. The smallest absolute Gasteiger partial charge is 0.246 e. The Labute approximate surface area is 158 Å². The molecule has 1 aromatic carbocycles. The molecule has 1 saturated heterocycles. The first kappa shape index (κ1) is 18.8. The van der Waals surface area contributed by atoms with Crippen LogP contribution in [0.4, 0.5) is 8.78 Å². The van der Waals surface area contributed by atoms with Gasteiger partial charge in [-0.3, -0.25) is 4.79 Å². The molecule has 0 unspecified atom stereocenters. The van der Waals surface area contributed by atoms with Gasteiger partial charge in [0.2, 0.25) is 15.9 Å². The van der Waals surface area contributed by atoms with E-state index in [2.05, 4.69) is 0 Å². The van der Waals surface area contributed by atoms with Crippen LogP contribution in [0.2, 0.25) is 0 Å². The monoisotopic (exact) mass is 398 g/mol. The minimum atomic E-state index is -4.03. The van der Waals surface area contributed by atoms with Crippen LogP contribution in [-0.2, 0) is 14.8 Å². The molecule has 1 aliphatic heterocycles. The van der Waals surface area contributed by atoms with E-state index in [1.165, 1.54) is 23.6 Å². The second-order valence-electron chi connectivity index (χ2n) is 8.00. The molecule has 27 heavy (non-hydrogen) atoms. The highest BCUT2D eigenvalue weighted by Crippen LogP contribution is 2.49. The van der Waals surface area contributed by atoms with Gasteiger partial charge >= 0.3 is 0 Å². The topological polar surface area (TPSA) is 57.7 Å². The second-order valence-corrected chi connectivity index (χ2v) is 9.91. The molecule has 8 heteroatoms. The predicted octanol–water partition coefficient (Wildman–Crippen LogP) is 2.62. The molecule has 3 aliphatic rings. The average Bonchev–Trinajstić information content (AvgIpc) is 3.24. The van der Waals surface area contributed by atoms with Gasteiger partial charge in [0.25, 0.3) is 0 Å². The lowest BCUT2D eigenvalue weighted by Crippen LogP contribution is -2.51. The van der Waals surface area contributed by atoms with E-state index in [1.54, 1.807) is 4.90 Å². The summed E-state index contributed by atoms with van der Waals surface area (Å²) in [6, 6.07) is 2.46. The van der Waals surface area contributed by atoms with Crippen LogP contribution in [0.3, 0.4) is 0 Å². The number of sulfonamides is 1. The zero-order valence-corrected chi connectivity index (χ0v) is 15.9. The maximum Gasteiger partial charge on any atom is 0.246 e. The lowest BCUT2D eigenvalue weighted by Gasteiger charge is -2.35. The van der Waals surface area contributed by atoms with Crippen molar-refractivity contribution in [1.29, 1.82) is 0 Å². The van der Waals surface area contributed by atoms with Crippen LogP contribution >= 0.6 is 0 Å². The fourth-order valence-corrected chi connectivity index (χ4v) is 6.45. The summed E-state index contributed by atoms with van der Waals surface area (Å²) in [4.78, 5) is 13.8. The molecule has 1 amide bonds. The van der Waals surface area contributed by atoms with Gasteiger partial charge in [0.1, 0.15) is 16.5 Å². The summed E-state index contributed by atoms with van der Waals surface area (Å²) < 4.78 is 53.4. The average molecular weight is 398 g/mol. The fraction of sp³-hybridized carbons (Fsp3) is 0.632. The number of hydrogen-bond donors (Lipinski definition) is 0. The lowest BCUT2D eigenvalue weighted by atomic mass is 9.86. The number of fused-ring (bicyclic) bond motifs is 2. The number of nitrogens with zero attached hydrogens (tertiary/aromatic N) is 2. The number of hydrogen-bond acceptors (Lipinski definition) is 3. The Balaban J connectivity index is 1.36. The molecule has 1 aromatic rings. The second kappa shape index (κ2) is 7.13. The molecule has 2 aliphatic carbocycles. The first-order chi connectivity index (χ1) is 12.8. The molecule has 0 N–H and O–H groups in total. The Morgan fingerprint density at radius 1 is 1.07 bits per heavy atom. The third-order valence-corrected chi connectivity index (χ3v) is 8.36. The molecule has 5 nitrogen and oxygen atoms in total. The van der Waals surface area contributed by atoms with Crippen LogP contribution in [-0.4, -0.2) is 49.7 Å². The number of carbonyl (C=O) groups excluding carboxylic acids is 1. The van der Waals surface area contributed by atoms with Crippen LogP contribution in [0.1, 0.15) is 32.1 Å². The standard InChI is InChI=1S/C19H24F2N2O3S/c20-16-3-4-18(17(21)12-16)27(25,26)23-7-5-22(6-8-23)19(24)11-15-10-13-1-2-14(15)9-13/h3-4,12-15H,1-2,5-11H2/t13-,14-,15-/m1/s1. The fourth-order valence-electron chi connectivity index (χ4n) is 4.98. The molecular formula is C19H24F2N2O3S. The van der Waals surface area contributed by atoms with E-state index in [-0.39, 0.29) is 19.0 Å². The van der Waals surface area contributed by atoms with E-state index in [9.17, 15) is 22.0 Å². The molecule has 4 rings (SSSR count). The summed E-state index contributed by atoms with van der Waals surface area (Å²) in [7, 11) is -4.03. The molecule has 2 saturated carbocycles. The normalized spacial score (nSPS) is 28.7. The van der Waals surface area contributed by atoms with Crippen LogP contribution in [0, 0.1) is 29.4 Å². The van der Waals surface area contributed by atoms with Crippen molar-refractivity contribution in [2.45, 2.75) is 37.0 Å². The number of amides is 1. The van der Waals surface area contributed by atoms with Gasteiger partial charge in [-0.05, 0) is 49.1 Å². The number of benzene rings is 1. The first-order valence-electron chi connectivity index (χ1n) is 9.57. The highest BCUT2D eigenvalue weighted by molar-refractivity contribution is 7.89. The van der Waals surface area contributed by atoms with E-state index in [4.69, 9.17) is 0 Å². The summed E-state index contributed by atoms with van der Waals surface area (Å²) in [5.74, 6) is 0.138. The molecule has 2 bridgehead atoms. The predicted molar refractivity (Wildman–Crippen MR) is 95.3 cm³/mol. The molecule has 1 heterocycles. The molecule has 0 spiro atoms. The first-order valence-corrected chi connectivity index (χ1v) is 11.0. The molecular weight excluding hydrogens is 374 g/mol. The van der Waals surface area contributed by atoms with Gasteiger partial charge in [0, 0.05) is 38.7 Å². The van der Waals surface area contributed by atoms with Crippen LogP contribution in [0.15, 0.2) is 23.1 Å². The van der Waals surface area contributed by atoms with Crippen molar-refractivity contribution in [3.05, 3.63) is 29.8 Å². The van der Waals surface area contributed by atoms with Gasteiger partial charge < -0.3 is 4.90 Å². The quantitative estimate of drug-likeness (QED) is 0.784. The minimum Gasteiger partial charge on any atom is -0.340 e.